The van der Waals surface area contributed by atoms with Gasteiger partial charge < -0.3 is 30.3 Å². The predicted molar refractivity (Wildman–Crippen MR) is 43.7 cm³/mol. The van der Waals surface area contributed by atoms with Crippen LogP contribution in [-0.4, -0.2) is 69.0 Å². The molecular formula is C7H12O8. The lowest BCUT2D eigenvalue weighted by Gasteiger charge is -2.22. The molecule has 0 amide bonds. The summed E-state index contributed by atoms with van der Waals surface area (Å²) in [5, 5.41) is 44.2. The largest absolute Gasteiger partial charge is 0.479 e. The molecule has 8 nitrogen and oxygen atoms in total. The fourth-order valence-electron chi connectivity index (χ4n) is 0.780. The van der Waals surface area contributed by atoms with Crippen molar-refractivity contribution in [3.05, 3.63) is 0 Å². The fourth-order valence-corrected chi connectivity index (χ4v) is 0.780. The third kappa shape index (κ3) is 3.44. The van der Waals surface area contributed by atoms with E-state index in [0.717, 1.165) is 7.11 Å². The molecule has 0 saturated carbocycles. The van der Waals surface area contributed by atoms with Gasteiger partial charge in [-0.2, -0.15) is 0 Å². The van der Waals surface area contributed by atoms with Gasteiger partial charge in [-0.1, -0.05) is 0 Å². The Labute approximate surface area is 84.3 Å². The summed E-state index contributed by atoms with van der Waals surface area (Å²) in [4.78, 5) is 20.9. The molecule has 0 saturated heterocycles. The van der Waals surface area contributed by atoms with Gasteiger partial charge in [0.05, 0.1) is 7.11 Å². The van der Waals surface area contributed by atoms with Gasteiger partial charge in [-0.3, -0.25) is 0 Å². The third-order valence-corrected chi connectivity index (χ3v) is 1.69. The van der Waals surface area contributed by atoms with Gasteiger partial charge in [0, 0.05) is 0 Å². The summed E-state index contributed by atoms with van der Waals surface area (Å²) in [7, 11) is 0.929. The predicted octanol–water partition coefficient (Wildman–Crippen LogP) is -3.31. The molecule has 0 aromatic carbocycles. The van der Waals surface area contributed by atoms with Gasteiger partial charge in [0.1, 0.15) is 12.2 Å². The first-order valence-electron chi connectivity index (χ1n) is 3.85. The molecule has 0 aromatic rings. The zero-order chi connectivity index (χ0) is 12.2. The van der Waals surface area contributed by atoms with Crippen molar-refractivity contribution < 1.29 is 39.9 Å². The Morgan fingerprint density at radius 2 is 1.40 bits per heavy atom. The minimum Gasteiger partial charge on any atom is -0.479 e. The number of aliphatic hydroxyl groups is 4. The number of esters is 1. The Bertz CT molecular complexity index is 239. The minimum atomic E-state index is -2.31. The van der Waals surface area contributed by atoms with E-state index in [0.29, 0.717) is 0 Å². The second-order valence-electron chi connectivity index (χ2n) is 2.73. The number of carboxylic acids is 1. The van der Waals surface area contributed by atoms with Gasteiger partial charge >= 0.3 is 11.9 Å². The van der Waals surface area contributed by atoms with Crippen LogP contribution in [0, 0.1) is 0 Å². The zero-order valence-corrected chi connectivity index (χ0v) is 7.77. The Kier molecular flexibility index (Phi) is 5.15. The molecule has 8 heteroatoms. The van der Waals surface area contributed by atoms with E-state index in [1.807, 2.05) is 0 Å². The molecule has 0 aliphatic rings. The SMILES string of the molecule is COC(=O)C(O)C(O)C(O)C(O)C(=O)O. The molecule has 0 heterocycles. The van der Waals surface area contributed by atoms with Gasteiger partial charge in [-0.15, -0.1) is 0 Å². The van der Waals surface area contributed by atoms with Crippen molar-refractivity contribution in [2.45, 2.75) is 24.4 Å². The molecule has 4 unspecified atom stereocenters. The van der Waals surface area contributed by atoms with Gasteiger partial charge in [-0.25, -0.2) is 9.59 Å². The summed E-state index contributed by atoms with van der Waals surface area (Å²) < 4.78 is 4.03. The smallest absolute Gasteiger partial charge is 0.337 e. The highest BCUT2D eigenvalue weighted by Gasteiger charge is 2.37. The number of carbonyl (C=O) groups excluding carboxylic acids is 1. The van der Waals surface area contributed by atoms with Crippen molar-refractivity contribution >= 4 is 11.9 Å². The normalized spacial score (nSPS) is 18.7. The maximum atomic E-state index is 10.7. The van der Waals surface area contributed by atoms with Crippen LogP contribution in [0.2, 0.25) is 0 Å². The first-order valence-corrected chi connectivity index (χ1v) is 3.85. The number of aliphatic carboxylic acids is 1. The molecule has 4 atom stereocenters. The number of methoxy groups -OCH3 is 1. The lowest BCUT2D eigenvalue weighted by atomic mass is 10.0. The van der Waals surface area contributed by atoms with Crippen molar-refractivity contribution in [1.82, 2.24) is 0 Å². The van der Waals surface area contributed by atoms with E-state index in [9.17, 15) is 9.59 Å². The topological polar surface area (TPSA) is 145 Å². The summed E-state index contributed by atoms with van der Waals surface area (Å²) in [6, 6.07) is 0. The van der Waals surface area contributed by atoms with Crippen molar-refractivity contribution in [2.75, 3.05) is 7.11 Å². The Hall–Kier alpha value is -1.22. The summed E-state index contributed by atoms with van der Waals surface area (Å²) in [5.74, 6) is -3.04. The molecule has 0 radical (unpaired) electrons. The van der Waals surface area contributed by atoms with Crippen LogP contribution < -0.4 is 0 Å². The zero-order valence-electron chi connectivity index (χ0n) is 7.77. The lowest BCUT2D eigenvalue weighted by Crippen LogP contribution is -2.50. The average Bonchev–Trinajstić information content (AvgIpc) is 2.23. The standard InChI is InChI=1S/C7H12O8/c1-15-7(14)5(11)3(9)2(8)4(10)6(12)13/h2-5,8-11H,1H3,(H,12,13). The van der Waals surface area contributed by atoms with Crippen LogP contribution in [0.4, 0.5) is 0 Å². The highest BCUT2D eigenvalue weighted by atomic mass is 16.5. The van der Waals surface area contributed by atoms with Crippen LogP contribution in [0.1, 0.15) is 0 Å². The van der Waals surface area contributed by atoms with E-state index in [1.54, 1.807) is 0 Å². The molecule has 0 aliphatic carbocycles. The molecule has 0 rings (SSSR count). The van der Waals surface area contributed by atoms with Gasteiger partial charge in [0.2, 0.25) is 0 Å². The van der Waals surface area contributed by atoms with Crippen LogP contribution >= 0.6 is 0 Å². The summed E-state index contributed by atoms with van der Waals surface area (Å²) in [5.41, 5.74) is 0. The quantitative estimate of drug-likeness (QED) is 0.305. The van der Waals surface area contributed by atoms with Crippen molar-refractivity contribution in [2.24, 2.45) is 0 Å². The van der Waals surface area contributed by atoms with E-state index in [2.05, 4.69) is 4.74 Å². The van der Waals surface area contributed by atoms with Crippen molar-refractivity contribution in [3.8, 4) is 0 Å². The van der Waals surface area contributed by atoms with Crippen molar-refractivity contribution in [1.29, 1.82) is 0 Å². The first kappa shape index (κ1) is 13.8. The molecule has 0 aliphatic heterocycles. The number of carbonyl (C=O) groups is 2. The number of hydrogen-bond acceptors (Lipinski definition) is 7. The average molecular weight is 224 g/mol. The van der Waals surface area contributed by atoms with Crippen LogP contribution in [0.3, 0.4) is 0 Å². The van der Waals surface area contributed by atoms with Gasteiger partial charge in [0.15, 0.2) is 12.2 Å². The lowest BCUT2D eigenvalue weighted by molar-refractivity contribution is -0.174. The summed E-state index contributed by atoms with van der Waals surface area (Å²) in [6.07, 6.45) is -8.78. The van der Waals surface area contributed by atoms with Crippen LogP contribution in [0.15, 0.2) is 0 Å². The number of aliphatic hydroxyl groups excluding tert-OH is 4. The van der Waals surface area contributed by atoms with Gasteiger partial charge in [-0.05, 0) is 0 Å². The first-order chi connectivity index (χ1) is 6.82. The molecule has 0 spiro atoms. The number of rotatable bonds is 5. The van der Waals surface area contributed by atoms with Crippen LogP contribution in [-0.2, 0) is 14.3 Å². The summed E-state index contributed by atoms with van der Waals surface area (Å²) >= 11 is 0. The molecule has 88 valence electrons. The van der Waals surface area contributed by atoms with E-state index in [4.69, 9.17) is 25.5 Å². The van der Waals surface area contributed by atoms with E-state index < -0.39 is 36.4 Å². The molecule has 0 fully saturated rings. The fraction of sp³-hybridized carbons (Fsp3) is 0.714. The Balaban J connectivity index is 4.49. The van der Waals surface area contributed by atoms with Crippen LogP contribution in [0.25, 0.3) is 0 Å². The number of carboxylic acid groups (broad SMARTS) is 1. The van der Waals surface area contributed by atoms with E-state index in [-0.39, 0.29) is 0 Å². The molecule has 0 aromatic heterocycles. The molecule has 0 bridgehead atoms. The monoisotopic (exact) mass is 224 g/mol. The maximum Gasteiger partial charge on any atom is 0.337 e. The maximum absolute atomic E-state index is 10.7. The van der Waals surface area contributed by atoms with E-state index in [1.165, 1.54) is 0 Å². The molecule has 5 N–H and O–H groups in total. The third-order valence-electron chi connectivity index (χ3n) is 1.69. The second kappa shape index (κ2) is 5.61. The minimum absolute atomic E-state index is 0.929. The molecule has 15 heavy (non-hydrogen) atoms. The number of hydrogen-bond donors (Lipinski definition) is 5. The highest BCUT2D eigenvalue weighted by molar-refractivity contribution is 5.76. The van der Waals surface area contributed by atoms with Crippen molar-refractivity contribution in [3.63, 3.8) is 0 Å². The Morgan fingerprint density at radius 3 is 1.73 bits per heavy atom. The van der Waals surface area contributed by atoms with E-state index >= 15 is 0 Å². The van der Waals surface area contributed by atoms with Gasteiger partial charge in [0.25, 0.3) is 0 Å². The Morgan fingerprint density at radius 1 is 1.00 bits per heavy atom. The summed E-state index contributed by atoms with van der Waals surface area (Å²) in [6.45, 7) is 0. The second-order valence-corrected chi connectivity index (χ2v) is 2.73. The highest BCUT2D eigenvalue weighted by Crippen LogP contribution is 2.06. The van der Waals surface area contributed by atoms with Crippen LogP contribution in [0.5, 0.6) is 0 Å². The molecular weight excluding hydrogens is 212 g/mol. The number of ether oxygens (including phenoxy) is 1.